The van der Waals surface area contributed by atoms with Gasteiger partial charge in [-0.2, -0.15) is 12.6 Å². The van der Waals surface area contributed by atoms with Crippen LogP contribution in [0.4, 0.5) is 0 Å². The van der Waals surface area contributed by atoms with E-state index in [1.807, 2.05) is 0 Å². The van der Waals surface area contributed by atoms with Crippen LogP contribution in [0, 0.1) is 5.41 Å². The van der Waals surface area contributed by atoms with Gasteiger partial charge in [0.05, 0.1) is 6.10 Å². The minimum absolute atomic E-state index is 0.0826. The molecule has 0 aromatic carbocycles. The molecule has 2 rings (SSSR count). The maximum Gasteiger partial charge on any atom is 0.0667 e. The van der Waals surface area contributed by atoms with Crippen molar-refractivity contribution in [3.05, 3.63) is 0 Å². The van der Waals surface area contributed by atoms with E-state index in [-0.39, 0.29) is 6.10 Å². The van der Waals surface area contributed by atoms with E-state index in [1.54, 1.807) is 0 Å². The Bertz CT molecular complexity index is 188. The van der Waals surface area contributed by atoms with Crippen LogP contribution in [0.1, 0.15) is 32.1 Å². The first kappa shape index (κ1) is 10.8. The van der Waals surface area contributed by atoms with Crippen LogP contribution in [-0.2, 0) is 0 Å². The molecule has 0 aromatic heterocycles. The van der Waals surface area contributed by atoms with E-state index in [0.29, 0.717) is 5.41 Å². The van der Waals surface area contributed by atoms with Crippen LogP contribution in [0.5, 0.6) is 0 Å². The fraction of sp³-hybridized carbons (Fsp3) is 1.00. The molecule has 0 spiro atoms. The average Bonchev–Trinajstić information content (AvgIpc) is 2.11. The van der Waals surface area contributed by atoms with E-state index in [1.165, 1.54) is 25.8 Å². The topological polar surface area (TPSA) is 23.5 Å². The summed E-state index contributed by atoms with van der Waals surface area (Å²) >= 11 is 4.47. The van der Waals surface area contributed by atoms with Gasteiger partial charge in [0.15, 0.2) is 0 Å². The Morgan fingerprint density at radius 1 is 1.36 bits per heavy atom. The normalized spacial score (nSPS) is 32.6. The van der Waals surface area contributed by atoms with Gasteiger partial charge < -0.3 is 10.0 Å². The molecule has 1 aliphatic heterocycles. The number of β-amino-alcohol motifs (C(OH)–C–C–N with tert-alkyl or cyclic N) is 1. The summed E-state index contributed by atoms with van der Waals surface area (Å²) in [5, 5.41) is 9.58. The van der Waals surface area contributed by atoms with Crippen molar-refractivity contribution in [1.82, 2.24) is 4.90 Å². The first-order chi connectivity index (χ1) is 6.74. The SMILES string of the molecule is OC1CCCN(CC2(CS)CCC2)C1. The summed E-state index contributed by atoms with van der Waals surface area (Å²) in [6, 6.07) is 0. The molecule has 1 saturated heterocycles. The third-order valence-corrected chi connectivity index (χ3v) is 4.46. The Morgan fingerprint density at radius 2 is 2.14 bits per heavy atom. The maximum absolute atomic E-state index is 9.58. The van der Waals surface area contributed by atoms with Crippen molar-refractivity contribution in [2.75, 3.05) is 25.4 Å². The molecule has 2 fully saturated rings. The molecule has 1 N–H and O–H groups in total. The second-order valence-corrected chi connectivity index (χ2v) is 5.36. The van der Waals surface area contributed by atoms with Gasteiger partial charge in [-0.25, -0.2) is 0 Å². The van der Waals surface area contributed by atoms with Crippen LogP contribution in [0.25, 0.3) is 0 Å². The molecule has 1 heterocycles. The Kier molecular flexibility index (Phi) is 3.40. The molecule has 82 valence electrons. The fourth-order valence-electron chi connectivity index (χ4n) is 2.69. The molecule has 2 aliphatic rings. The number of rotatable bonds is 3. The van der Waals surface area contributed by atoms with Crippen molar-refractivity contribution in [2.24, 2.45) is 5.41 Å². The van der Waals surface area contributed by atoms with Crippen molar-refractivity contribution in [2.45, 2.75) is 38.2 Å². The Hall–Kier alpha value is 0.270. The van der Waals surface area contributed by atoms with Crippen LogP contribution in [0.3, 0.4) is 0 Å². The summed E-state index contributed by atoms with van der Waals surface area (Å²) in [6.45, 7) is 3.22. The third kappa shape index (κ3) is 2.26. The Balaban J connectivity index is 1.83. The van der Waals surface area contributed by atoms with Gasteiger partial charge in [-0.1, -0.05) is 6.42 Å². The molecule has 2 nitrogen and oxygen atoms in total. The maximum atomic E-state index is 9.58. The van der Waals surface area contributed by atoms with Gasteiger partial charge >= 0.3 is 0 Å². The highest BCUT2D eigenvalue weighted by atomic mass is 32.1. The van der Waals surface area contributed by atoms with Crippen LogP contribution in [-0.4, -0.2) is 41.5 Å². The third-order valence-electron chi connectivity index (χ3n) is 3.79. The molecule has 0 aromatic rings. The Morgan fingerprint density at radius 3 is 2.64 bits per heavy atom. The average molecular weight is 215 g/mol. The predicted octanol–water partition coefficient (Wildman–Crippen LogP) is 1.54. The highest BCUT2D eigenvalue weighted by Crippen LogP contribution is 2.42. The van der Waals surface area contributed by atoms with Gasteiger partial charge in [0.25, 0.3) is 0 Å². The van der Waals surface area contributed by atoms with Crippen molar-refractivity contribution >= 4 is 12.6 Å². The quantitative estimate of drug-likeness (QED) is 0.698. The largest absolute Gasteiger partial charge is 0.392 e. The van der Waals surface area contributed by atoms with Crippen LogP contribution < -0.4 is 0 Å². The molecule has 1 aliphatic carbocycles. The summed E-state index contributed by atoms with van der Waals surface area (Å²) in [5.74, 6) is 1.01. The van der Waals surface area contributed by atoms with Crippen LogP contribution in [0.15, 0.2) is 0 Å². The van der Waals surface area contributed by atoms with Crippen molar-refractivity contribution < 1.29 is 5.11 Å². The summed E-state index contributed by atoms with van der Waals surface area (Å²) < 4.78 is 0. The van der Waals surface area contributed by atoms with E-state index in [4.69, 9.17) is 0 Å². The lowest BCUT2D eigenvalue weighted by molar-refractivity contribution is 0.0253. The summed E-state index contributed by atoms with van der Waals surface area (Å²) in [6.07, 6.45) is 6.11. The van der Waals surface area contributed by atoms with Gasteiger partial charge in [-0.3, -0.25) is 0 Å². The number of thiol groups is 1. The van der Waals surface area contributed by atoms with E-state index in [0.717, 1.165) is 31.7 Å². The lowest BCUT2D eigenvalue weighted by atomic mass is 9.69. The molecular formula is C11H21NOS. The summed E-state index contributed by atoms with van der Waals surface area (Å²) in [7, 11) is 0. The number of hydrogen-bond acceptors (Lipinski definition) is 3. The molecule has 14 heavy (non-hydrogen) atoms. The first-order valence-corrected chi connectivity index (χ1v) is 6.39. The molecule has 1 atom stereocenters. The molecule has 1 unspecified atom stereocenters. The summed E-state index contributed by atoms with van der Waals surface area (Å²) in [5.41, 5.74) is 0.486. The first-order valence-electron chi connectivity index (χ1n) is 5.75. The predicted molar refractivity (Wildman–Crippen MR) is 61.8 cm³/mol. The molecule has 0 bridgehead atoms. The van der Waals surface area contributed by atoms with E-state index in [2.05, 4.69) is 17.5 Å². The van der Waals surface area contributed by atoms with Crippen LogP contribution in [0.2, 0.25) is 0 Å². The lowest BCUT2D eigenvalue weighted by Gasteiger charge is -2.45. The van der Waals surface area contributed by atoms with Crippen molar-refractivity contribution in [3.8, 4) is 0 Å². The smallest absolute Gasteiger partial charge is 0.0667 e. The highest BCUT2D eigenvalue weighted by molar-refractivity contribution is 7.80. The second kappa shape index (κ2) is 4.42. The number of piperidine rings is 1. The minimum Gasteiger partial charge on any atom is -0.392 e. The molecule has 0 radical (unpaired) electrons. The molecule has 3 heteroatoms. The van der Waals surface area contributed by atoms with Gasteiger partial charge in [-0.15, -0.1) is 0 Å². The molecule has 0 amide bonds. The van der Waals surface area contributed by atoms with Gasteiger partial charge in [-0.05, 0) is 43.4 Å². The fourth-order valence-corrected chi connectivity index (χ4v) is 3.11. The summed E-state index contributed by atoms with van der Waals surface area (Å²) in [4.78, 5) is 2.43. The zero-order valence-corrected chi connectivity index (χ0v) is 9.68. The van der Waals surface area contributed by atoms with E-state index < -0.39 is 0 Å². The van der Waals surface area contributed by atoms with Gasteiger partial charge in [0.1, 0.15) is 0 Å². The zero-order chi connectivity index (χ0) is 10.0. The van der Waals surface area contributed by atoms with Crippen molar-refractivity contribution in [1.29, 1.82) is 0 Å². The lowest BCUT2D eigenvalue weighted by Crippen LogP contribution is -2.48. The number of aliphatic hydroxyl groups excluding tert-OH is 1. The monoisotopic (exact) mass is 215 g/mol. The van der Waals surface area contributed by atoms with Crippen LogP contribution >= 0.6 is 12.6 Å². The minimum atomic E-state index is -0.0826. The number of hydrogen-bond donors (Lipinski definition) is 2. The highest BCUT2D eigenvalue weighted by Gasteiger charge is 2.37. The van der Waals surface area contributed by atoms with Gasteiger partial charge in [0.2, 0.25) is 0 Å². The Labute approximate surface area is 92.1 Å². The molecule has 1 saturated carbocycles. The van der Waals surface area contributed by atoms with E-state index >= 15 is 0 Å². The number of nitrogens with zero attached hydrogens (tertiary/aromatic N) is 1. The van der Waals surface area contributed by atoms with E-state index in [9.17, 15) is 5.11 Å². The standard InChI is InChI=1S/C11H21NOS/c13-10-3-1-6-12(7-10)8-11(9-14)4-2-5-11/h10,13-14H,1-9H2. The second-order valence-electron chi connectivity index (χ2n) is 5.04. The van der Waals surface area contributed by atoms with Gasteiger partial charge in [0, 0.05) is 13.1 Å². The van der Waals surface area contributed by atoms with Crippen molar-refractivity contribution in [3.63, 3.8) is 0 Å². The molecular weight excluding hydrogens is 194 g/mol. The number of likely N-dealkylation sites (tertiary alicyclic amines) is 1. The number of aliphatic hydroxyl groups is 1. The zero-order valence-electron chi connectivity index (χ0n) is 8.78.